The van der Waals surface area contributed by atoms with Crippen molar-refractivity contribution in [1.82, 2.24) is 15.6 Å². The molecule has 1 atom stereocenters. The SMILES string of the molecule is C#CCCCCNC(=O)c1cnc(OCC(O)CNC(C)C)s1.Cl. The number of nitrogens with one attached hydrogen (secondary N) is 2. The number of aromatic nitrogens is 1. The predicted octanol–water partition coefficient (Wildman–Crippen LogP) is 1.84. The van der Waals surface area contributed by atoms with Gasteiger partial charge >= 0.3 is 0 Å². The third-order valence-electron chi connectivity index (χ3n) is 2.90. The first-order valence-corrected chi connectivity index (χ1v) is 8.56. The summed E-state index contributed by atoms with van der Waals surface area (Å²) in [5.41, 5.74) is 0. The highest BCUT2D eigenvalue weighted by Gasteiger charge is 2.12. The fraction of sp³-hybridized carbons (Fsp3) is 0.625. The lowest BCUT2D eigenvalue weighted by Gasteiger charge is -2.13. The van der Waals surface area contributed by atoms with E-state index in [0.29, 0.717) is 29.2 Å². The first kappa shape index (κ1) is 22.7. The van der Waals surface area contributed by atoms with Crippen molar-refractivity contribution in [2.45, 2.75) is 45.3 Å². The number of hydrogen-bond donors (Lipinski definition) is 3. The van der Waals surface area contributed by atoms with Gasteiger partial charge in [-0.2, -0.15) is 0 Å². The Morgan fingerprint density at radius 3 is 2.92 bits per heavy atom. The molecule has 1 rings (SSSR count). The summed E-state index contributed by atoms with van der Waals surface area (Å²) >= 11 is 1.17. The fourth-order valence-corrected chi connectivity index (χ4v) is 2.36. The van der Waals surface area contributed by atoms with Crippen LogP contribution in [0.15, 0.2) is 6.20 Å². The van der Waals surface area contributed by atoms with Crippen molar-refractivity contribution in [2.24, 2.45) is 0 Å². The molecule has 3 N–H and O–H groups in total. The number of rotatable bonds is 11. The first-order valence-electron chi connectivity index (χ1n) is 7.74. The van der Waals surface area contributed by atoms with Crippen molar-refractivity contribution in [2.75, 3.05) is 19.7 Å². The predicted molar refractivity (Wildman–Crippen MR) is 99.0 cm³/mol. The van der Waals surface area contributed by atoms with E-state index in [9.17, 15) is 9.90 Å². The molecule has 136 valence electrons. The molecule has 24 heavy (non-hydrogen) atoms. The fourth-order valence-electron chi connectivity index (χ4n) is 1.67. The molecule has 0 saturated carbocycles. The minimum Gasteiger partial charge on any atom is -0.467 e. The van der Waals surface area contributed by atoms with Crippen LogP contribution in [-0.4, -0.2) is 47.8 Å². The molecule has 0 spiro atoms. The maximum absolute atomic E-state index is 11.9. The second-order valence-electron chi connectivity index (χ2n) is 5.44. The molecule has 0 aliphatic carbocycles. The molecule has 0 aliphatic rings. The van der Waals surface area contributed by atoms with Crippen LogP contribution in [0.3, 0.4) is 0 Å². The lowest BCUT2D eigenvalue weighted by molar-refractivity contribution is 0.0957. The van der Waals surface area contributed by atoms with E-state index in [1.54, 1.807) is 0 Å². The third-order valence-corrected chi connectivity index (χ3v) is 3.81. The molecule has 0 radical (unpaired) electrons. The van der Waals surface area contributed by atoms with Gasteiger partial charge in [-0.3, -0.25) is 4.79 Å². The number of amides is 1. The second kappa shape index (κ2) is 13.0. The number of thiazole rings is 1. The van der Waals surface area contributed by atoms with Gasteiger partial charge in [0.25, 0.3) is 11.1 Å². The number of carbonyl (C=O) groups excluding carboxylic acids is 1. The van der Waals surface area contributed by atoms with Gasteiger partial charge in [0.05, 0.1) is 6.20 Å². The Hall–Kier alpha value is -1.33. The third kappa shape index (κ3) is 9.73. The number of terminal acetylenes is 1. The van der Waals surface area contributed by atoms with E-state index in [4.69, 9.17) is 11.2 Å². The van der Waals surface area contributed by atoms with Gasteiger partial charge in [-0.1, -0.05) is 25.2 Å². The highest BCUT2D eigenvalue weighted by molar-refractivity contribution is 7.15. The molecule has 0 aromatic carbocycles. The van der Waals surface area contributed by atoms with Crippen molar-refractivity contribution in [3.05, 3.63) is 11.1 Å². The Kier molecular flexibility index (Phi) is 12.3. The number of carbonyl (C=O) groups is 1. The highest BCUT2D eigenvalue weighted by atomic mass is 35.5. The van der Waals surface area contributed by atoms with E-state index in [1.165, 1.54) is 17.5 Å². The minimum absolute atomic E-state index is 0. The molecule has 6 nitrogen and oxygen atoms in total. The van der Waals surface area contributed by atoms with Crippen molar-refractivity contribution >= 4 is 29.7 Å². The number of hydrogen-bond acceptors (Lipinski definition) is 6. The molecule has 1 amide bonds. The normalized spacial score (nSPS) is 11.5. The molecule has 1 unspecified atom stereocenters. The van der Waals surface area contributed by atoms with E-state index in [1.807, 2.05) is 13.8 Å². The summed E-state index contributed by atoms with van der Waals surface area (Å²) in [6, 6.07) is 0.306. The molecule has 0 aliphatic heterocycles. The number of aliphatic hydroxyl groups excluding tert-OH is 1. The van der Waals surface area contributed by atoms with Gasteiger partial charge in [-0.05, 0) is 12.8 Å². The van der Waals surface area contributed by atoms with E-state index < -0.39 is 6.10 Å². The average Bonchev–Trinajstić information content (AvgIpc) is 2.99. The average molecular weight is 376 g/mol. The molecular formula is C16H26ClN3O3S. The van der Waals surface area contributed by atoms with Crippen molar-refractivity contribution < 1.29 is 14.6 Å². The maximum Gasteiger partial charge on any atom is 0.273 e. The smallest absolute Gasteiger partial charge is 0.273 e. The summed E-state index contributed by atoms with van der Waals surface area (Å²) in [6.45, 7) is 5.19. The molecule has 0 fully saturated rings. The highest BCUT2D eigenvalue weighted by Crippen LogP contribution is 2.20. The number of unbranched alkanes of at least 4 members (excludes halogenated alkanes) is 2. The zero-order valence-electron chi connectivity index (χ0n) is 14.1. The Bertz CT molecular complexity index is 517. The zero-order chi connectivity index (χ0) is 17.1. The summed E-state index contributed by atoms with van der Waals surface area (Å²) in [4.78, 5) is 16.4. The number of ether oxygens (including phenoxy) is 1. The quantitative estimate of drug-likeness (QED) is 0.406. The van der Waals surface area contributed by atoms with Crippen LogP contribution in [0, 0.1) is 12.3 Å². The van der Waals surface area contributed by atoms with Gasteiger partial charge in [0.1, 0.15) is 17.6 Å². The van der Waals surface area contributed by atoms with Crippen LogP contribution in [0.25, 0.3) is 0 Å². The van der Waals surface area contributed by atoms with E-state index >= 15 is 0 Å². The lowest BCUT2D eigenvalue weighted by atomic mass is 10.2. The van der Waals surface area contributed by atoms with Gasteiger partial charge in [0.2, 0.25) is 0 Å². The van der Waals surface area contributed by atoms with Crippen LogP contribution < -0.4 is 15.4 Å². The molecule has 0 saturated heterocycles. The van der Waals surface area contributed by atoms with Gasteiger partial charge in [0, 0.05) is 25.6 Å². The second-order valence-corrected chi connectivity index (χ2v) is 6.43. The van der Waals surface area contributed by atoms with Gasteiger partial charge in [0.15, 0.2) is 0 Å². The van der Waals surface area contributed by atoms with Crippen molar-refractivity contribution in [1.29, 1.82) is 0 Å². The Labute approximate surface area is 153 Å². The van der Waals surface area contributed by atoms with Crippen LogP contribution >= 0.6 is 23.7 Å². The van der Waals surface area contributed by atoms with Crippen LogP contribution in [-0.2, 0) is 0 Å². The Morgan fingerprint density at radius 2 is 2.25 bits per heavy atom. The first-order chi connectivity index (χ1) is 11.0. The van der Waals surface area contributed by atoms with Crippen LogP contribution in [0.1, 0.15) is 42.8 Å². The summed E-state index contributed by atoms with van der Waals surface area (Å²) in [7, 11) is 0. The standard InChI is InChI=1S/C16H25N3O3S.ClH/c1-4-5-6-7-8-17-15(21)14-10-19-16(23-14)22-11-13(20)9-18-12(2)3;/h1,10,12-13,18,20H,5-9,11H2,2-3H3,(H,17,21);1H. The maximum atomic E-state index is 11.9. The van der Waals surface area contributed by atoms with Crippen molar-refractivity contribution in [3.63, 3.8) is 0 Å². The van der Waals surface area contributed by atoms with Crippen molar-refractivity contribution in [3.8, 4) is 17.5 Å². The van der Waals surface area contributed by atoms with E-state index in [0.717, 1.165) is 19.3 Å². The monoisotopic (exact) mass is 375 g/mol. The van der Waals surface area contributed by atoms with E-state index in [-0.39, 0.29) is 24.9 Å². The van der Waals surface area contributed by atoms with Crippen LogP contribution in [0.5, 0.6) is 5.19 Å². The minimum atomic E-state index is -0.616. The topological polar surface area (TPSA) is 83.5 Å². The Morgan fingerprint density at radius 1 is 1.50 bits per heavy atom. The van der Waals surface area contributed by atoms with Gasteiger partial charge < -0.3 is 20.5 Å². The molecule has 0 bridgehead atoms. The van der Waals surface area contributed by atoms with E-state index in [2.05, 4.69) is 21.5 Å². The summed E-state index contributed by atoms with van der Waals surface area (Å²) in [6.07, 6.45) is 8.51. The largest absolute Gasteiger partial charge is 0.467 e. The molecule has 8 heteroatoms. The van der Waals surface area contributed by atoms with Crippen LogP contribution in [0.2, 0.25) is 0 Å². The summed E-state index contributed by atoms with van der Waals surface area (Å²) in [5.74, 6) is 2.40. The summed E-state index contributed by atoms with van der Waals surface area (Å²) < 4.78 is 5.40. The lowest BCUT2D eigenvalue weighted by Crippen LogP contribution is -2.35. The summed E-state index contributed by atoms with van der Waals surface area (Å²) in [5, 5.41) is 16.1. The Balaban J connectivity index is 0.00000529. The van der Waals surface area contributed by atoms with Gasteiger partial charge in [-0.25, -0.2) is 4.98 Å². The zero-order valence-corrected chi connectivity index (χ0v) is 15.7. The number of halogens is 1. The van der Waals surface area contributed by atoms with Gasteiger partial charge in [-0.15, -0.1) is 24.8 Å². The number of aliphatic hydroxyl groups is 1. The molecule has 1 heterocycles. The molecule has 1 aromatic rings. The molecular weight excluding hydrogens is 350 g/mol. The molecule has 1 aromatic heterocycles. The number of nitrogens with zero attached hydrogens (tertiary/aromatic N) is 1. The van der Waals surface area contributed by atoms with Crippen LogP contribution in [0.4, 0.5) is 0 Å².